The number of aliphatic carboxylic acids is 1. The van der Waals surface area contributed by atoms with Crippen LogP contribution in [0.1, 0.15) is 38.8 Å². The number of hydrogen-bond acceptors (Lipinski definition) is 3. The highest BCUT2D eigenvalue weighted by molar-refractivity contribution is 5.78. The summed E-state index contributed by atoms with van der Waals surface area (Å²) >= 11 is 0. The molecule has 0 saturated heterocycles. The predicted molar refractivity (Wildman–Crippen MR) is 64.7 cm³/mol. The third-order valence-electron chi connectivity index (χ3n) is 2.70. The summed E-state index contributed by atoms with van der Waals surface area (Å²) in [5, 5.41) is 9.28. The first-order valence-corrected chi connectivity index (χ1v) is 5.90. The van der Waals surface area contributed by atoms with E-state index in [1.165, 1.54) is 0 Å². The van der Waals surface area contributed by atoms with Crippen LogP contribution in [0.4, 0.5) is 0 Å². The SMILES string of the molecule is CCCCCOC(C)(C(=O)O)c1ccccn1. The van der Waals surface area contributed by atoms with Crippen LogP contribution in [-0.2, 0) is 15.1 Å². The van der Waals surface area contributed by atoms with Gasteiger partial charge in [0.2, 0.25) is 5.60 Å². The Hall–Kier alpha value is -1.42. The molecule has 1 rings (SSSR count). The normalized spacial score (nSPS) is 14.2. The van der Waals surface area contributed by atoms with Crippen molar-refractivity contribution in [2.24, 2.45) is 0 Å². The second-order valence-corrected chi connectivity index (χ2v) is 4.11. The van der Waals surface area contributed by atoms with Crippen LogP contribution in [0.25, 0.3) is 0 Å². The number of pyridine rings is 1. The smallest absolute Gasteiger partial charge is 0.342 e. The molecule has 17 heavy (non-hydrogen) atoms. The highest BCUT2D eigenvalue weighted by Gasteiger charge is 2.37. The molecule has 0 aliphatic rings. The molecule has 1 unspecified atom stereocenters. The third-order valence-corrected chi connectivity index (χ3v) is 2.70. The molecule has 4 nitrogen and oxygen atoms in total. The third kappa shape index (κ3) is 3.53. The zero-order valence-electron chi connectivity index (χ0n) is 10.3. The molecule has 94 valence electrons. The van der Waals surface area contributed by atoms with E-state index in [0.717, 1.165) is 19.3 Å². The van der Waals surface area contributed by atoms with Crippen LogP contribution in [0.2, 0.25) is 0 Å². The number of hydrogen-bond donors (Lipinski definition) is 1. The van der Waals surface area contributed by atoms with Crippen molar-refractivity contribution in [2.45, 2.75) is 38.7 Å². The molecule has 0 bridgehead atoms. The molecule has 4 heteroatoms. The molecular weight excluding hydrogens is 218 g/mol. The zero-order chi connectivity index (χ0) is 12.7. The maximum absolute atomic E-state index is 11.3. The minimum Gasteiger partial charge on any atom is -0.479 e. The van der Waals surface area contributed by atoms with Gasteiger partial charge in [0.15, 0.2) is 0 Å². The molecule has 0 fully saturated rings. The Morgan fingerprint density at radius 2 is 2.24 bits per heavy atom. The number of carbonyl (C=O) groups is 1. The van der Waals surface area contributed by atoms with Crippen molar-refractivity contribution in [3.8, 4) is 0 Å². The Labute approximate surface area is 102 Å². The van der Waals surface area contributed by atoms with Gasteiger partial charge < -0.3 is 9.84 Å². The van der Waals surface area contributed by atoms with Crippen molar-refractivity contribution in [1.82, 2.24) is 4.98 Å². The van der Waals surface area contributed by atoms with E-state index in [1.807, 2.05) is 0 Å². The molecule has 0 saturated carbocycles. The quantitative estimate of drug-likeness (QED) is 0.740. The van der Waals surface area contributed by atoms with Gasteiger partial charge in [-0.25, -0.2) is 4.79 Å². The summed E-state index contributed by atoms with van der Waals surface area (Å²) in [6.45, 7) is 4.08. The van der Waals surface area contributed by atoms with Gasteiger partial charge in [-0.15, -0.1) is 0 Å². The maximum Gasteiger partial charge on any atom is 0.342 e. The zero-order valence-corrected chi connectivity index (χ0v) is 10.3. The van der Waals surface area contributed by atoms with Crippen molar-refractivity contribution in [3.05, 3.63) is 30.1 Å². The van der Waals surface area contributed by atoms with Crippen molar-refractivity contribution in [2.75, 3.05) is 6.61 Å². The van der Waals surface area contributed by atoms with Gasteiger partial charge in [0.1, 0.15) is 0 Å². The fourth-order valence-corrected chi connectivity index (χ4v) is 1.52. The number of unbranched alkanes of at least 4 members (excludes halogenated alkanes) is 2. The average molecular weight is 237 g/mol. The molecule has 1 aromatic heterocycles. The molecule has 0 aliphatic carbocycles. The van der Waals surface area contributed by atoms with Crippen molar-refractivity contribution in [3.63, 3.8) is 0 Å². The van der Waals surface area contributed by atoms with Crippen LogP contribution in [0, 0.1) is 0 Å². The summed E-state index contributed by atoms with van der Waals surface area (Å²) in [5.74, 6) is -1.01. The summed E-state index contributed by atoms with van der Waals surface area (Å²) in [5.41, 5.74) is -0.918. The van der Waals surface area contributed by atoms with E-state index in [-0.39, 0.29) is 0 Å². The Balaban J connectivity index is 2.73. The van der Waals surface area contributed by atoms with Gasteiger partial charge in [0.25, 0.3) is 0 Å². The van der Waals surface area contributed by atoms with E-state index >= 15 is 0 Å². The van der Waals surface area contributed by atoms with E-state index < -0.39 is 11.6 Å². The van der Waals surface area contributed by atoms with Gasteiger partial charge in [-0.1, -0.05) is 25.8 Å². The summed E-state index contributed by atoms with van der Waals surface area (Å²) in [4.78, 5) is 15.4. The van der Waals surface area contributed by atoms with Crippen molar-refractivity contribution >= 4 is 5.97 Å². The summed E-state index contributed by atoms with van der Waals surface area (Å²) in [6.07, 6.45) is 4.56. The van der Waals surface area contributed by atoms with E-state index in [1.54, 1.807) is 31.3 Å². The van der Waals surface area contributed by atoms with Crippen molar-refractivity contribution in [1.29, 1.82) is 0 Å². The highest BCUT2D eigenvalue weighted by Crippen LogP contribution is 2.24. The first-order chi connectivity index (χ1) is 8.11. The van der Waals surface area contributed by atoms with E-state index in [0.29, 0.717) is 12.3 Å². The van der Waals surface area contributed by atoms with E-state index in [2.05, 4.69) is 11.9 Å². The van der Waals surface area contributed by atoms with Crippen LogP contribution < -0.4 is 0 Å². The number of ether oxygens (including phenoxy) is 1. The van der Waals surface area contributed by atoms with Gasteiger partial charge in [-0.05, 0) is 25.5 Å². The second-order valence-electron chi connectivity index (χ2n) is 4.11. The summed E-state index contributed by atoms with van der Waals surface area (Å²) in [6, 6.07) is 5.19. The average Bonchev–Trinajstić information content (AvgIpc) is 2.35. The highest BCUT2D eigenvalue weighted by atomic mass is 16.5. The van der Waals surface area contributed by atoms with Gasteiger partial charge >= 0.3 is 5.97 Å². The lowest BCUT2D eigenvalue weighted by atomic mass is 10.0. The lowest BCUT2D eigenvalue weighted by molar-refractivity contribution is -0.166. The molecule has 0 aliphatic heterocycles. The molecular formula is C13H19NO3. The molecule has 0 radical (unpaired) electrons. The topological polar surface area (TPSA) is 59.4 Å². The fourth-order valence-electron chi connectivity index (χ4n) is 1.52. The molecule has 1 N–H and O–H groups in total. The minimum absolute atomic E-state index is 0.434. The molecule has 1 atom stereocenters. The van der Waals surface area contributed by atoms with Crippen LogP contribution in [0.5, 0.6) is 0 Å². The Morgan fingerprint density at radius 3 is 2.76 bits per heavy atom. The molecule has 1 aromatic rings. The Kier molecular flexibility index (Phi) is 5.10. The Morgan fingerprint density at radius 1 is 1.47 bits per heavy atom. The molecule has 0 spiro atoms. The summed E-state index contributed by atoms with van der Waals surface area (Å²) < 4.78 is 5.52. The maximum atomic E-state index is 11.3. The monoisotopic (exact) mass is 237 g/mol. The van der Waals surface area contributed by atoms with E-state index in [4.69, 9.17) is 4.74 Å². The Bertz CT molecular complexity index is 353. The number of rotatable bonds is 7. The second kappa shape index (κ2) is 6.35. The molecule has 1 heterocycles. The molecule has 0 amide bonds. The van der Waals surface area contributed by atoms with Crippen LogP contribution in [0.15, 0.2) is 24.4 Å². The summed E-state index contributed by atoms with van der Waals surface area (Å²) in [7, 11) is 0. The number of nitrogens with zero attached hydrogens (tertiary/aromatic N) is 1. The standard InChI is InChI=1S/C13H19NO3/c1-3-4-7-10-17-13(2,12(15)16)11-8-5-6-9-14-11/h5-6,8-9H,3-4,7,10H2,1-2H3,(H,15,16). The van der Waals surface area contributed by atoms with Gasteiger partial charge in [-0.3, -0.25) is 4.98 Å². The number of carboxylic acid groups (broad SMARTS) is 1. The fraction of sp³-hybridized carbons (Fsp3) is 0.538. The van der Waals surface area contributed by atoms with Crippen LogP contribution in [0.3, 0.4) is 0 Å². The molecule has 0 aromatic carbocycles. The lowest BCUT2D eigenvalue weighted by Gasteiger charge is -2.24. The first-order valence-electron chi connectivity index (χ1n) is 5.90. The predicted octanol–water partition coefficient (Wildman–Crippen LogP) is 2.59. The lowest BCUT2D eigenvalue weighted by Crippen LogP contribution is -2.36. The first kappa shape index (κ1) is 13.6. The van der Waals surface area contributed by atoms with Gasteiger partial charge in [-0.2, -0.15) is 0 Å². The van der Waals surface area contributed by atoms with Crippen molar-refractivity contribution < 1.29 is 14.6 Å². The number of aromatic nitrogens is 1. The van der Waals surface area contributed by atoms with Gasteiger partial charge in [0.05, 0.1) is 5.69 Å². The van der Waals surface area contributed by atoms with Crippen LogP contribution in [-0.4, -0.2) is 22.7 Å². The van der Waals surface area contributed by atoms with E-state index in [9.17, 15) is 9.90 Å². The largest absolute Gasteiger partial charge is 0.479 e. The minimum atomic E-state index is -1.35. The number of carboxylic acids is 1. The van der Waals surface area contributed by atoms with Crippen LogP contribution >= 0.6 is 0 Å². The van der Waals surface area contributed by atoms with Gasteiger partial charge in [0, 0.05) is 12.8 Å².